The normalized spacial score (nSPS) is 17.1. The van der Waals surface area contributed by atoms with E-state index in [1.54, 1.807) is 7.11 Å². The average molecular weight is 221 g/mol. The molecule has 4 heteroatoms. The standard InChI is InChI=1S/C12H19N3O/c1-15(10-5-8-13-9-6-10)12-11(16-2)4-3-7-14-12/h3-4,7,10,13H,5-6,8-9H2,1-2H3. The molecule has 1 saturated heterocycles. The predicted molar refractivity (Wildman–Crippen MR) is 65.1 cm³/mol. The van der Waals surface area contributed by atoms with Gasteiger partial charge in [-0.2, -0.15) is 0 Å². The summed E-state index contributed by atoms with van der Waals surface area (Å²) in [6, 6.07) is 4.42. The maximum absolute atomic E-state index is 5.34. The molecule has 88 valence electrons. The lowest BCUT2D eigenvalue weighted by Crippen LogP contribution is -2.41. The van der Waals surface area contributed by atoms with Crippen LogP contribution in [0.2, 0.25) is 0 Å². The second-order valence-corrected chi connectivity index (χ2v) is 4.12. The van der Waals surface area contributed by atoms with E-state index < -0.39 is 0 Å². The second kappa shape index (κ2) is 5.16. The molecular formula is C12H19N3O. The smallest absolute Gasteiger partial charge is 0.171 e. The van der Waals surface area contributed by atoms with Crippen LogP contribution in [0.25, 0.3) is 0 Å². The van der Waals surface area contributed by atoms with Crippen LogP contribution in [0, 0.1) is 0 Å². The molecule has 4 nitrogen and oxygen atoms in total. The number of ether oxygens (including phenoxy) is 1. The first-order valence-corrected chi connectivity index (χ1v) is 5.75. The van der Waals surface area contributed by atoms with Crippen LogP contribution in [0.3, 0.4) is 0 Å². The topological polar surface area (TPSA) is 37.4 Å². The average Bonchev–Trinajstić information content (AvgIpc) is 2.39. The van der Waals surface area contributed by atoms with Crippen LogP contribution >= 0.6 is 0 Å². The number of pyridine rings is 1. The van der Waals surface area contributed by atoms with Crippen LogP contribution in [0.5, 0.6) is 5.75 Å². The third-order valence-electron chi connectivity index (χ3n) is 3.16. The molecule has 0 saturated carbocycles. The van der Waals surface area contributed by atoms with E-state index in [2.05, 4.69) is 22.2 Å². The Kier molecular flexibility index (Phi) is 3.62. The molecule has 0 aliphatic carbocycles. The van der Waals surface area contributed by atoms with Gasteiger partial charge in [0, 0.05) is 19.3 Å². The molecule has 0 spiro atoms. The second-order valence-electron chi connectivity index (χ2n) is 4.12. The van der Waals surface area contributed by atoms with Crippen molar-refractivity contribution < 1.29 is 4.74 Å². The zero-order valence-electron chi connectivity index (χ0n) is 9.94. The van der Waals surface area contributed by atoms with Crippen molar-refractivity contribution in [3.8, 4) is 5.75 Å². The minimum atomic E-state index is 0.560. The lowest BCUT2D eigenvalue weighted by Gasteiger charge is -2.33. The number of anilines is 1. The number of rotatable bonds is 3. The van der Waals surface area contributed by atoms with Gasteiger partial charge in [-0.25, -0.2) is 4.98 Å². The molecule has 0 bridgehead atoms. The number of hydrogen-bond donors (Lipinski definition) is 1. The number of methoxy groups -OCH3 is 1. The zero-order valence-corrected chi connectivity index (χ0v) is 9.94. The molecule has 1 aliphatic heterocycles. The number of aromatic nitrogens is 1. The van der Waals surface area contributed by atoms with E-state index in [9.17, 15) is 0 Å². The molecule has 2 rings (SSSR count). The van der Waals surface area contributed by atoms with Gasteiger partial charge in [0.1, 0.15) is 0 Å². The van der Waals surface area contributed by atoms with Crippen LogP contribution in [0.15, 0.2) is 18.3 Å². The summed E-state index contributed by atoms with van der Waals surface area (Å²) in [5, 5.41) is 3.37. The third-order valence-corrected chi connectivity index (χ3v) is 3.16. The predicted octanol–water partition coefficient (Wildman–Crippen LogP) is 1.28. The minimum Gasteiger partial charge on any atom is -0.493 e. The fraction of sp³-hybridized carbons (Fsp3) is 0.583. The molecule has 1 aromatic heterocycles. The molecule has 0 amide bonds. The van der Waals surface area contributed by atoms with Gasteiger partial charge in [-0.3, -0.25) is 0 Å². The monoisotopic (exact) mass is 221 g/mol. The molecule has 0 atom stereocenters. The van der Waals surface area contributed by atoms with Crippen molar-refractivity contribution in [1.29, 1.82) is 0 Å². The fourth-order valence-electron chi connectivity index (χ4n) is 2.17. The Bertz CT molecular complexity index is 337. The fourth-order valence-corrected chi connectivity index (χ4v) is 2.17. The van der Waals surface area contributed by atoms with Gasteiger partial charge in [0.15, 0.2) is 11.6 Å². The van der Waals surface area contributed by atoms with Crippen molar-refractivity contribution in [3.05, 3.63) is 18.3 Å². The van der Waals surface area contributed by atoms with Crippen molar-refractivity contribution in [2.75, 3.05) is 32.1 Å². The van der Waals surface area contributed by atoms with Crippen LogP contribution in [0.1, 0.15) is 12.8 Å². The quantitative estimate of drug-likeness (QED) is 0.834. The van der Waals surface area contributed by atoms with Gasteiger partial charge in [0.25, 0.3) is 0 Å². The Morgan fingerprint density at radius 1 is 1.44 bits per heavy atom. The first kappa shape index (κ1) is 11.2. The highest BCUT2D eigenvalue weighted by molar-refractivity contribution is 5.52. The highest BCUT2D eigenvalue weighted by atomic mass is 16.5. The van der Waals surface area contributed by atoms with Gasteiger partial charge in [0.2, 0.25) is 0 Å². The van der Waals surface area contributed by atoms with E-state index in [-0.39, 0.29) is 0 Å². The summed E-state index contributed by atoms with van der Waals surface area (Å²) in [6.45, 7) is 2.17. The lowest BCUT2D eigenvalue weighted by atomic mass is 10.1. The molecule has 0 radical (unpaired) electrons. The van der Waals surface area contributed by atoms with E-state index in [4.69, 9.17) is 4.74 Å². The van der Waals surface area contributed by atoms with Crippen molar-refractivity contribution in [2.24, 2.45) is 0 Å². The highest BCUT2D eigenvalue weighted by Gasteiger charge is 2.20. The molecule has 1 N–H and O–H groups in total. The first-order valence-electron chi connectivity index (χ1n) is 5.75. The van der Waals surface area contributed by atoms with E-state index in [1.165, 1.54) is 0 Å². The van der Waals surface area contributed by atoms with E-state index in [0.717, 1.165) is 37.5 Å². The van der Waals surface area contributed by atoms with Gasteiger partial charge in [-0.05, 0) is 38.1 Å². The molecule has 16 heavy (non-hydrogen) atoms. The largest absolute Gasteiger partial charge is 0.493 e. The van der Waals surface area contributed by atoms with E-state index in [1.807, 2.05) is 18.3 Å². The van der Waals surface area contributed by atoms with Crippen molar-refractivity contribution >= 4 is 5.82 Å². The minimum absolute atomic E-state index is 0.560. The van der Waals surface area contributed by atoms with Crippen LogP contribution < -0.4 is 15.0 Å². The van der Waals surface area contributed by atoms with Gasteiger partial charge in [0.05, 0.1) is 7.11 Å². The summed E-state index contributed by atoms with van der Waals surface area (Å²) in [5.74, 6) is 1.79. The van der Waals surface area contributed by atoms with E-state index >= 15 is 0 Å². The van der Waals surface area contributed by atoms with Crippen molar-refractivity contribution in [2.45, 2.75) is 18.9 Å². The summed E-state index contributed by atoms with van der Waals surface area (Å²) in [4.78, 5) is 6.64. The lowest BCUT2D eigenvalue weighted by molar-refractivity contribution is 0.403. The van der Waals surface area contributed by atoms with Crippen LogP contribution in [-0.4, -0.2) is 38.3 Å². The zero-order chi connectivity index (χ0) is 11.4. The summed E-state index contributed by atoms with van der Waals surface area (Å²) in [7, 11) is 3.79. The Balaban J connectivity index is 2.15. The Morgan fingerprint density at radius 2 is 2.19 bits per heavy atom. The number of hydrogen-bond acceptors (Lipinski definition) is 4. The Hall–Kier alpha value is -1.29. The summed E-state index contributed by atoms with van der Waals surface area (Å²) in [6.07, 6.45) is 4.14. The molecule has 1 fully saturated rings. The van der Waals surface area contributed by atoms with E-state index in [0.29, 0.717) is 6.04 Å². The van der Waals surface area contributed by atoms with Gasteiger partial charge >= 0.3 is 0 Å². The summed E-state index contributed by atoms with van der Waals surface area (Å²) < 4.78 is 5.34. The SMILES string of the molecule is COc1cccnc1N(C)C1CCNCC1. The summed E-state index contributed by atoms with van der Waals surface area (Å²) >= 11 is 0. The molecule has 1 aromatic rings. The van der Waals surface area contributed by atoms with Crippen molar-refractivity contribution in [1.82, 2.24) is 10.3 Å². The maximum atomic E-state index is 5.34. The molecular weight excluding hydrogens is 202 g/mol. The summed E-state index contributed by atoms with van der Waals surface area (Å²) in [5.41, 5.74) is 0. The highest BCUT2D eigenvalue weighted by Crippen LogP contribution is 2.27. The Labute approximate surface area is 96.6 Å². The van der Waals surface area contributed by atoms with Crippen LogP contribution in [-0.2, 0) is 0 Å². The number of nitrogens with zero attached hydrogens (tertiary/aromatic N) is 2. The molecule has 1 aliphatic rings. The maximum Gasteiger partial charge on any atom is 0.171 e. The molecule has 2 heterocycles. The third kappa shape index (κ3) is 2.27. The molecule has 0 aromatic carbocycles. The van der Waals surface area contributed by atoms with Gasteiger partial charge < -0.3 is 15.0 Å². The van der Waals surface area contributed by atoms with Crippen molar-refractivity contribution in [3.63, 3.8) is 0 Å². The first-order chi connectivity index (χ1) is 7.83. The Morgan fingerprint density at radius 3 is 2.88 bits per heavy atom. The molecule has 0 unspecified atom stereocenters. The number of nitrogens with one attached hydrogen (secondary N) is 1. The van der Waals surface area contributed by atoms with Gasteiger partial charge in [-0.15, -0.1) is 0 Å². The number of piperidine rings is 1. The van der Waals surface area contributed by atoms with Crippen LogP contribution in [0.4, 0.5) is 5.82 Å². The van der Waals surface area contributed by atoms with Gasteiger partial charge in [-0.1, -0.05) is 0 Å².